The number of nitrogens with one attached hydrogen (secondary N) is 1. The van der Waals surface area contributed by atoms with Crippen molar-refractivity contribution in [2.45, 2.75) is 386 Å². The molecule has 0 aromatic carbocycles. The Hall–Kier alpha value is -1.40. The van der Waals surface area contributed by atoms with Crippen molar-refractivity contribution in [1.29, 1.82) is 0 Å². The minimum absolute atomic E-state index is 0.0187. The van der Waals surface area contributed by atoms with E-state index in [1.54, 1.807) is 6.08 Å². The minimum atomic E-state index is -0.843. The summed E-state index contributed by atoms with van der Waals surface area (Å²) >= 11 is 0. The summed E-state index contributed by atoms with van der Waals surface area (Å²) in [6.45, 7) is 4.94. The molecule has 0 fully saturated rings. The van der Waals surface area contributed by atoms with Crippen LogP contribution in [0.1, 0.15) is 373 Å². The monoisotopic (exact) mass is 1020 g/mol. The van der Waals surface area contributed by atoms with Crippen molar-refractivity contribution in [2.24, 2.45) is 0 Å². The average molecular weight is 1020 g/mol. The molecule has 1 amide bonds. The highest BCUT2D eigenvalue weighted by Crippen LogP contribution is 2.19. The zero-order chi connectivity index (χ0) is 52.2. The summed E-state index contributed by atoms with van der Waals surface area (Å²) in [5.41, 5.74) is 0. The van der Waals surface area contributed by atoms with Crippen molar-refractivity contribution in [1.82, 2.24) is 5.32 Å². The van der Waals surface area contributed by atoms with E-state index >= 15 is 0 Å². The molecule has 0 heterocycles. The van der Waals surface area contributed by atoms with Gasteiger partial charge in [0.1, 0.15) is 0 Å². The van der Waals surface area contributed by atoms with E-state index in [1.165, 1.54) is 308 Å². The summed E-state index contributed by atoms with van der Waals surface area (Å²) in [7, 11) is 0. The molecule has 72 heavy (non-hydrogen) atoms. The highest BCUT2D eigenvalue weighted by molar-refractivity contribution is 5.76. The van der Waals surface area contributed by atoms with Crippen LogP contribution in [-0.4, -0.2) is 47.4 Å². The van der Waals surface area contributed by atoms with Gasteiger partial charge in [0.2, 0.25) is 5.91 Å². The van der Waals surface area contributed by atoms with Crippen molar-refractivity contribution in [3.8, 4) is 0 Å². The van der Waals surface area contributed by atoms with Gasteiger partial charge < -0.3 is 20.3 Å². The normalized spacial score (nSPS) is 12.6. The van der Waals surface area contributed by atoms with Crippen molar-refractivity contribution in [2.75, 3.05) is 13.2 Å². The Morgan fingerprint density at radius 2 is 0.639 bits per heavy atom. The van der Waals surface area contributed by atoms with Gasteiger partial charge in [-0.1, -0.05) is 341 Å². The number of carbonyl (C=O) groups is 2. The van der Waals surface area contributed by atoms with Gasteiger partial charge in [0, 0.05) is 12.8 Å². The number of amides is 1. The molecule has 0 aliphatic carbocycles. The Labute approximate surface area is 450 Å². The lowest BCUT2D eigenvalue weighted by Gasteiger charge is -2.20. The molecule has 6 heteroatoms. The largest absolute Gasteiger partial charge is 0.466 e. The second kappa shape index (κ2) is 62.1. The standard InChI is InChI=1S/C66H129NO5/c1-3-5-7-9-11-13-15-17-19-31-34-38-42-46-50-54-58-64(69)63(62-68)67-65(70)59-55-51-47-43-39-35-32-28-26-24-22-20-21-23-25-27-29-33-37-41-45-49-53-57-61-72-66(71)60-56-52-48-44-40-36-30-18-16-14-12-10-8-6-4-2/h54,58,63-64,68-69H,3-53,55-57,59-62H2,1-2H3,(H,67,70)/b58-54+. The summed E-state index contributed by atoms with van der Waals surface area (Å²) in [4.78, 5) is 24.6. The molecule has 3 N–H and O–H groups in total. The van der Waals surface area contributed by atoms with E-state index in [0.29, 0.717) is 19.4 Å². The number of rotatable bonds is 62. The highest BCUT2D eigenvalue weighted by Gasteiger charge is 2.18. The average Bonchev–Trinajstić information content (AvgIpc) is 3.38. The summed E-state index contributed by atoms with van der Waals surface area (Å²) in [5, 5.41) is 23.2. The molecule has 428 valence electrons. The SMILES string of the molecule is CCCCCCCCCCCCCCCC/C=C/C(O)C(CO)NC(=O)CCCCCCCCCCCCCCCCCCCCCCCCCCOC(=O)CCCCCCCCCCCCCCCCC. The van der Waals surface area contributed by atoms with Crippen LogP contribution in [0.4, 0.5) is 0 Å². The van der Waals surface area contributed by atoms with Crippen molar-refractivity contribution in [3.05, 3.63) is 12.2 Å². The Bertz CT molecular complexity index is 1080. The van der Waals surface area contributed by atoms with E-state index in [9.17, 15) is 19.8 Å². The summed E-state index contributed by atoms with van der Waals surface area (Å²) in [6, 6.07) is -0.626. The zero-order valence-electron chi connectivity index (χ0n) is 48.9. The maximum absolute atomic E-state index is 12.5. The van der Waals surface area contributed by atoms with Gasteiger partial charge in [0.25, 0.3) is 0 Å². The summed E-state index contributed by atoms with van der Waals surface area (Å²) in [6.07, 6.45) is 75.5. The second-order valence-electron chi connectivity index (χ2n) is 22.8. The van der Waals surface area contributed by atoms with Crippen LogP contribution in [-0.2, 0) is 14.3 Å². The second-order valence-corrected chi connectivity index (χ2v) is 22.8. The molecular weight excluding hydrogens is 887 g/mol. The maximum atomic E-state index is 12.5. The number of aliphatic hydroxyl groups is 2. The number of esters is 1. The van der Waals surface area contributed by atoms with Gasteiger partial charge in [-0.3, -0.25) is 9.59 Å². The molecule has 0 rings (SSSR count). The van der Waals surface area contributed by atoms with Gasteiger partial charge in [0.05, 0.1) is 25.4 Å². The Morgan fingerprint density at radius 1 is 0.375 bits per heavy atom. The first-order chi connectivity index (χ1) is 35.5. The van der Waals surface area contributed by atoms with Crippen molar-refractivity contribution < 1.29 is 24.5 Å². The Kier molecular flexibility index (Phi) is 60.9. The van der Waals surface area contributed by atoms with Crippen LogP contribution in [0.5, 0.6) is 0 Å². The first kappa shape index (κ1) is 70.6. The molecule has 0 radical (unpaired) electrons. The fraction of sp³-hybridized carbons (Fsp3) is 0.939. The van der Waals surface area contributed by atoms with Crippen LogP contribution < -0.4 is 5.32 Å². The maximum Gasteiger partial charge on any atom is 0.305 e. The van der Waals surface area contributed by atoms with Crippen molar-refractivity contribution in [3.63, 3.8) is 0 Å². The zero-order valence-corrected chi connectivity index (χ0v) is 48.9. The molecular formula is C66H129NO5. The quantitative estimate of drug-likeness (QED) is 0.0320. The fourth-order valence-corrected chi connectivity index (χ4v) is 10.5. The van der Waals surface area contributed by atoms with E-state index in [0.717, 1.165) is 38.5 Å². The number of ether oxygens (including phenoxy) is 1. The third-order valence-electron chi connectivity index (χ3n) is 15.6. The lowest BCUT2D eigenvalue weighted by molar-refractivity contribution is -0.143. The van der Waals surface area contributed by atoms with E-state index in [-0.39, 0.29) is 18.5 Å². The molecule has 2 unspecified atom stereocenters. The minimum Gasteiger partial charge on any atom is -0.466 e. The molecule has 0 aliphatic heterocycles. The molecule has 0 bridgehead atoms. The Balaban J connectivity index is 3.37. The predicted molar refractivity (Wildman–Crippen MR) is 315 cm³/mol. The van der Waals surface area contributed by atoms with E-state index in [4.69, 9.17) is 4.74 Å². The number of allylic oxidation sites excluding steroid dienone is 1. The molecule has 0 saturated heterocycles. The number of hydrogen-bond acceptors (Lipinski definition) is 5. The van der Waals surface area contributed by atoms with E-state index in [2.05, 4.69) is 19.2 Å². The Morgan fingerprint density at radius 3 is 0.944 bits per heavy atom. The number of unbranched alkanes of at least 4 members (excludes halogenated alkanes) is 51. The van der Waals surface area contributed by atoms with Gasteiger partial charge >= 0.3 is 5.97 Å². The molecule has 0 spiro atoms. The molecule has 0 aromatic heterocycles. The number of hydrogen-bond donors (Lipinski definition) is 3. The van der Waals surface area contributed by atoms with Crippen LogP contribution in [0.25, 0.3) is 0 Å². The summed E-state index contributed by atoms with van der Waals surface area (Å²) in [5.74, 6) is -0.0452. The highest BCUT2D eigenvalue weighted by atomic mass is 16.5. The smallest absolute Gasteiger partial charge is 0.305 e. The first-order valence-electron chi connectivity index (χ1n) is 33.0. The third-order valence-corrected chi connectivity index (χ3v) is 15.6. The van der Waals surface area contributed by atoms with Crippen LogP contribution >= 0.6 is 0 Å². The molecule has 0 aromatic rings. The molecule has 6 nitrogen and oxygen atoms in total. The summed E-state index contributed by atoms with van der Waals surface area (Å²) < 4.78 is 5.50. The lowest BCUT2D eigenvalue weighted by atomic mass is 10.0. The topological polar surface area (TPSA) is 95.9 Å². The molecule has 0 aliphatic rings. The van der Waals surface area contributed by atoms with Crippen LogP contribution in [0, 0.1) is 0 Å². The van der Waals surface area contributed by atoms with Crippen LogP contribution in [0.2, 0.25) is 0 Å². The van der Waals surface area contributed by atoms with Gasteiger partial charge in [-0.2, -0.15) is 0 Å². The number of carbonyl (C=O) groups excluding carboxylic acids is 2. The van der Waals surface area contributed by atoms with Gasteiger partial charge in [-0.05, 0) is 32.1 Å². The third kappa shape index (κ3) is 57.9. The first-order valence-corrected chi connectivity index (χ1v) is 33.0. The lowest BCUT2D eigenvalue weighted by Crippen LogP contribution is -2.45. The van der Waals surface area contributed by atoms with Crippen molar-refractivity contribution >= 4 is 11.9 Å². The van der Waals surface area contributed by atoms with E-state index < -0.39 is 12.1 Å². The van der Waals surface area contributed by atoms with Gasteiger partial charge in [0.15, 0.2) is 0 Å². The van der Waals surface area contributed by atoms with E-state index in [1.807, 2.05) is 6.08 Å². The molecule has 2 atom stereocenters. The van der Waals surface area contributed by atoms with Gasteiger partial charge in [-0.15, -0.1) is 0 Å². The van der Waals surface area contributed by atoms with Crippen LogP contribution in [0.3, 0.4) is 0 Å². The fourth-order valence-electron chi connectivity index (χ4n) is 10.5. The number of aliphatic hydroxyl groups excluding tert-OH is 2. The predicted octanol–water partition coefficient (Wildman–Crippen LogP) is 20.8. The van der Waals surface area contributed by atoms with Gasteiger partial charge in [-0.25, -0.2) is 0 Å². The van der Waals surface area contributed by atoms with Crippen LogP contribution in [0.15, 0.2) is 12.2 Å². The molecule has 0 saturated carbocycles.